The van der Waals surface area contributed by atoms with Gasteiger partial charge in [0, 0.05) is 18.1 Å². The molecule has 0 bridgehead atoms. The molecule has 1 aliphatic heterocycles. The van der Waals surface area contributed by atoms with Gasteiger partial charge in [-0.1, -0.05) is 49.2 Å². The first-order chi connectivity index (χ1) is 17.0. The van der Waals surface area contributed by atoms with E-state index in [0.29, 0.717) is 5.56 Å². The molecule has 2 aromatic rings. The molecule has 2 aromatic carbocycles. The highest BCUT2D eigenvalue weighted by Crippen LogP contribution is 2.62. The van der Waals surface area contributed by atoms with Crippen LogP contribution >= 0.6 is 0 Å². The maximum Gasteiger partial charge on any atom is 0.262 e. The maximum atomic E-state index is 14.5. The van der Waals surface area contributed by atoms with Crippen LogP contribution in [0.15, 0.2) is 47.5 Å². The number of hydrogen-bond acceptors (Lipinski definition) is 4. The van der Waals surface area contributed by atoms with Gasteiger partial charge in [0.1, 0.15) is 5.82 Å². The van der Waals surface area contributed by atoms with Gasteiger partial charge in [-0.15, -0.1) is 0 Å². The topological polar surface area (TPSA) is 67.9 Å². The number of rotatable bonds is 6. The molecule has 6 rings (SSSR count). The van der Waals surface area contributed by atoms with Gasteiger partial charge >= 0.3 is 0 Å². The molecule has 1 atom stereocenters. The van der Waals surface area contributed by atoms with E-state index in [-0.39, 0.29) is 35.7 Å². The predicted molar refractivity (Wildman–Crippen MR) is 133 cm³/mol. The number of guanidine groups is 1. The van der Waals surface area contributed by atoms with E-state index in [2.05, 4.69) is 18.2 Å². The van der Waals surface area contributed by atoms with Crippen LogP contribution in [0.1, 0.15) is 67.2 Å². The summed E-state index contributed by atoms with van der Waals surface area (Å²) in [6.45, 7) is 0.0933. The summed E-state index contributed by atoms with van der Waals surface area (Å²) in [6.07, 6.45) is 9.44. The number of aliphatic imine (C=N–C) groups is 1. The fourth-order valence-electron chi connectivity index (χ4n) is 6.79. The summed E-state index contributed by atoms with van der Waals surface area (Å²) in [5.41, 5.74) is 9.05. The number of aryl methyl sites for hydroxylation is 1. The van der Waals surface area contributed by atoms with Crippen LogP contribution in [-0.2, 0) is 34.5 Å². The lowest BCUT2D eigenvalue weighted by atomic mass is 9.61. The molecular formula is C29H34FN3O2. The average Bonchev–Trinajstić information content (AvgIpc) is 3.62. The largest absolute Gasteiger partial charge is 0.381 e. The van der Waals surface area contributed by atoms with Crippen molar-refractivity contribution in [3.05, 3.63) is 70.5 Å². The number of hydrogen-bond donors (Lipinski definition) is 1. The third-order valence-electron chi connectivity index (χ3n) is 9.02. The van der Waals surface area contributed by atoms with Crippen molar-refractivity contribution in [1.29, 1.82) is 0 Å². The number of nitrogens with two attached hydrogens (primary N) is 1. The summed E-state index contributed by atoms with van der Waals surface area (Å²) in [5, 5.41) is 0. The molecule has 0 radical (unpaired) electrons. The Morgan fingerprint density at radius 2 is 1.91 bits per heavy atom. The number of nitrogens with zero attached hydrogens (tertiary/aromatic N) is 2. The normalized spacial score (nSPS) is 29.8. The number of benzene rings is 2. The van der Waals surface area contributed by atoms with Crippen molar-refractivity contribution in [2.45, 2.75) is 76.0 Å². The van der Waals surface area contributed by atoms with Gasteiger partial charge in [0.15, 0.2) is 11.5 Å². The fourth-order valence-corrected chi connectivity index (χ4v) is 6.79. The smallest absolute Gasteiger partial charge is 0.262 e. The van der Waals surface area contributed by atoms with Crippen molar-refractivity contribution in [2.75, 3.05) is 7.11 Å². The second-order valence-corrected chi connectivity index (χ2v) is 11.0. The van der Waals surface area contributed by atoms with Crippen molar-refractivity contribution < 1.29 is 13.9 Å². The van der Waals surface area contributed by atoms with Crippen LogP contribution in [0.3, 0.4) is 0 Å². The molecular weight excluding hydrogens is 441 g/mol. The molecule has 2 N–H and O–H groups in total. The van der Waals surface area contributed by atoms with Crippen LogP contribution in [0, 0.1) is 17.2 Å². The number of carbonyl (C=O) groups is 1. The predicted octanol–water partition coefficient (Wildman–Crippen LogP) is 4.85. The lowest BCUT2D eigenvalue weighted by Gasteiger charge is -2.45. The van der Waals surface area contributed by atoms with E-state index in [9.17, 15) is 9.18 Å². The number of methoxy groups -OCH3 is 1. The zero-order valence-electron chi connectivity index (χ0n) is 20.4. The summed E-state index contributed by atoms with van der Waals surface area (Å²) in [4.78, 5) is 20.9. The van der Waals surface area contributed by atoms with Gasteiger partial charge in [-0.3, -0.25) is 9.69 Å². The minimum Gasteiger partial charge on any atom is -0.381 e. The fraction of sp³-hybridized carbons (Fsp3) is 0.517. The summed E-state index contributed by atoms with van der Waals surface area (Å²) < 4.78 is 20.2. The zero-order valence-corrected chi connectivity index (χ0v) is 20.4. The molecule has 184 valence electrons. The van der Waals surface area contributed by atoms with Gasteiger partial charge < -0.3 is 10.5 Å². The highest BCUT2D eigenvalue weighted by molar-refractivity contribution is 6.08. The van der Waals surface area contributed by atoms with Crippen molar-refractivity contribution in [2.24, 2.45) is 22.1 Å². The summed E-state index contributed by atoms with van der Waals surface area (Å²) in [5.74, 6) is 0.611. The average molecular weight is 476 g/mol. The first-order valence-electron chi connectivity index (χ1n) is 13.0. The lowest BCUT2D eigenvalue weighted by Crippen LogP contribution is -2.52. The van der Waals surface area contributed by atoms with Crippen molar-refractivity contribution in [3.63, 3.8) is 0 Å². The Hall–Kier alpha value is -2.73. The van der Waals surface area contributed by atoms with E-state index in [1.165, 1.54) is 41.4 Å². The van der Waals surface area contributed by atoms with Crippen molar-refractivity contribution >= 4 is 11.9 Å². The maximum absolute atomic E-state index is 14.5. The molecule has 1 heterocycles. The molecule has 5 nitrogen and oxygen atoms in total. The Morgan fingerprint density at radius 1 is 1.14 bits per heavy atom. The van der Waals surface area contributed by atoms with E-state index in [1.54, 1.807) is 25.3 Å². The molecule has 1 amide bonds. The van der Waals surface area contributed by atoms with Crippen LogP contribution in [-0.4, -0.2) is 30.0 Å². The molecule has 6 heteroatoms. The first kappa shape index (κ1) is 22.7. The van der Waals surface area contributed by atoms with E-state index in [0.717, 1.165) is 50.0 Å². The zero-order chi connectivity index (χ0) is 24.2. The van der Waals surface area contributed by atoms with E-state index < -0.39 is 5.54 Å². The van der Waals surface area contributed by atoms with Crippen LogP contribution < -0.4 is 5.73 Å². The van der Waals surface area contributed by atoms with Gasteiger partial charge in [-0.2, -0.15) is 0 Å². The number of halogens is 1. The van der Waals surface area contributed by atoms with Gasteiger partial charge in [0.25, 0.3) is 5.91 Å². The third-order valence-corrected chi connectivity index (χ3v) is 9.02. The van der Waals surface area contributed by atoms with Gasteiger partial charge in [0.2, 0.25) is 0 Å². The standard InChI is InChI=1S/C29H34FN3O2/c1-35-23-12-14-28(15-13-23)17-21-11-10-20(9-8-19-6-7-19)16-24(21)29(28)26(34)33(27(31)32-29)18-22-4-2-3-5-25(22)30/h2-5,10-11,16,19,23H,6-9,12-15,17-18H2,1H3,(H2,31,32). The number of fused-ring (bicyclic) bond motifs is 3. The monoisotopic (exact) mass is 475 g/mol. The quantitative estimate of drug-likeness (QED) is 0.649. The first-order valence-corrected chi connectivity index (χ1v) is 13.0. The molecule has 1 unspecified atom stereocenters. The minimum absolute atomic E-state index is 0.0933. The SMILES string of the molecule is COC1CCC2(CC1)Cc1ccc(CCC3CC3)cc1C21N=C(N)N(Cc2ccccc2F)C1=O. The van der Waals surface area contributed by atoms with Gasteiger partial charge in [0.05, 0.1) is 12.6 Å². The van der Waals surface area contributed by atoms with E-state index >= 15 is 0 Å². The summed E-state index contributed by atoms with van der Waals surface area (Å²) in [7, 11) is 1.76. The molecule has 0 aromatic heterocycles. The Labute approximate surface area is 206 Å². The van der Waals surface area contributed by atoms with Crippen molar-refractivity contribution in [1.82, 2.24) is 4.90 Å². The highest BCUT2D eigenvalue weighted by atomic mass is 19.1. The van der Waals surface area contributed by atoms with E-state index in [1.807, 2.05) is 0 Å². The Kier molecular flexibility index (Phi) is 5.48. The molecule has 2 fully saturated rings. The second kappa shape index (κ2) is 8.44. The highest BCUT2D eigenvalue weighted by Gasteiger charge is 2.66. The van der Waals surface area contributed by atoms with Crippen LogP contribution in [0.25, 0.3) is 0 Å². The molecule has 3 aliphatic carbocycles. The number of ether oxygens (including phenoxy) is 1. The second-order valence-electron chi connectivity index (χ2n) is 11.0. The summed E-state index contributed by atoms with van der Waals surface area (Å²) >= 11 is 0. The molecule has 2 saturated carbocycles. The Bertz CT molecular complexity index is 1180. The number of carbonyl (C=O) groups excluding carboxylic acids is 1. The Balaban J connectivity index is 1.41. The third kappa shape index (κ3) is 3.60. The molecule has 4 aliphatic rings. The van der Waals surface area contributed by atoms with Gasteiger partial charge in [-0.25, -0.2) is 9.38 Å². The van der Waals surface area contributed by atoms with Crippen LogP contribution in [0.4, 0.5) is 4.39 Å². The van der Waals surface area contributed by atoms with Crippen LogP contribution in [0.2, 0.25) is 0 Å². The van der Waals surface area contributed by atoms with Crippen LogP contribution in [0.5, 0.6) is 0 Å². The number of amides is 1. The Morgan fingerprint density at radius 3 is 2.63 bits per heavy atom. The molecule has 2 spiro atoms. The minimum atomic E-state index is -1.04. The lowest BCUT2D eigenvalue weighted by molar-refractivity contribution is -0.138. The molecule has 35 heavy (non-hydrogen) atoms. The summed E-state index contributed by atoms with van der Waals surface area (Å²) in [6, 6.07) is 13.3. The molecule has 0 saturated heterocycles. The van der Waals surface area contributed by atoms with Gasteiger partial charge in [-0.05, 0) is 73.6 Å². The van der Waals surface area contributed by atoms with E-state index in [4.69, 9.17) is 15.5 Å². The van der Waals surface area contributed by atoms with Crippen molar-refractivity contribution in [3.8, 4) is 0 Å².